The first kappa shape index (κ1) is 17.2. The zero-order valence-electron chi connectivity index (χ0n) is 12.3. The zero-order chi connectivity index (χ0) is 14.6. The summed E-state index contributed by atoms with van der Waals surface area (Å²) in [6.45, 7) is 3.18. The Balaban J connectivity index is 2.09. The van der Waals surface area contributed by atoms with Crippen LogP contribution in [0.2, 0.25) is 0 Å². The minimum Gasteiger partial charge on any atom is -0.369 e. The fourth-order valence-corrected chi connectivity index (χ4v) is 2.36. The molecule has 0 aromatic carbocycles. The molecule has 0 aliphatic rings. The summed E-state index contributed by atoms with van der Waals surface area (Å²) in [6.07, 6.45) is 12.3. The van der Waals surface area contributed by atoms with Gasteiger partial charge in [0, 0.05) is 12.7 Å². The molecule has 0 amide bonds. The molecule has 0 saturated carbocycles. The van der Waals surface area contributed by atoms with Crippen molar-refractivity contribution in [1.29, 1.82) is 0 Å². The van der Waals surface area contributed by atoms with E-state index in [1.54, 1.807) is 6.20 Å². The lowest BCUT2D eigenvalue weighted by atomic mass is 10.1. The SMILES string of the molecule is CCCCCCCCCCNc1nc(NN)ncc1Br. The van der Waals surface area contributed by atoms with Gasteiger partial charge in [-0.3, -0.25) is 5.43 Å². The van der Waals surface area contributed by atoms with Gasteiger partial charge in [-0.25, -0.2) is 10.8 Å². The highest BCUT2D eigenvalue weighted by Crippen LogP contribution is 2.19. The summed E-state index contributed by atoms with van der Waals surface area (Å²) in [4.78, 5) is 8.27. The fraction of sp³-hybridized carbons (Fsp3) is 0.714. The third kappa shape index (κ3) is 7.05. The number of nitrogens with two attached hydrogens (primary N) is 1. The van der Waals surface area contributed by atoms with Crippen molar-refractivity contribution in [2.24, 2.45) is 5.84 Å². The summed E-state index contributed by atoms with van der Waals surface area (Å²) in [7, 11) is 0. The van der Waals surface area contributed by atoms with Crippen LogP contribution in [0.5, 0.6) is 0 Å². The molecule has 114 valence electrons. The molecule has 1 aromatic heterocycles. The van der Waals surface area contributed by atoms with Gasteiger partial charge < -0.3 is 5.32 Å². The normalized spacial score (nSPS) is 10.6. The summed E-state index contributed by atoms with van der Waals surface area (Å²) in [5.41, 5.74) is 2.45. The third-order valence-electron chi connectivity index (χ3n) is 3.20. The van der Waals surface area contributed by atoms with E-state index in [4.69, 9.17) is 5.84 Å². The van der Waals surface area contributed by atoms with E-state index in [1.807, 2.05) is 0 Å². The Morgan fingerprint density at radius 2 is 1.75 bits per heavy atom. The topological polar surface area (TPSA) is 75.9 Å². The molecule has 1 heterocycles. The molecule has 5 nitrogen and oxygen atoms in total. The Morgan fingerprint density at radius 1 is 1.10 bits per heavy atom. The number of unbranched alkanes of at least 4 members (excludes halogenated alkanes) is 7. The number of halogens is 1. The summed E-state index contributed by atoms with van der Waals surface area (Å²) < 4.78 is 0.857. The van der Waals surface area contributed by atoms with Crippen molar-refractivity contribution in [2.45, 2.75) is 58.3 Å². The van der Waals surface area contributed by atoms with E-state index >= 15 is 0 Å². The molecule has 0 radical (unpaired) electrons. The van der Waals surface area contributed by atoms with E-state index in [1.165, 1.54) is 44.9 Å². The number of nitrogens with zero attached hydrogens (tertiary/aromatic N) is 2. The quantitative estimate of drug-likeness (QED) is 0.320. The maximum absolute atomic E-state index is 5.30. The van der Waals surface area contributed by atoms with E-state index < -0.39 is 0 Å². The first-order valence-corrected chi connectivity index (χ1v) is 8.30. The number of hydrogen-bond donors (Lipinski definition) is 3. The molecule has 0 aliphatic heterocycles. The maximum Gasteiger partial charge on any atom is 0.239 e. The molecule has 0 unspecified atom stereocenters. The van der Waals surface area contributed by atoms with Gasteiger partial charge in [0.2, 0.25) is 5.95 Å². The third-order valence-corrected chi connectivity index (χ3v) is 3.78. The zero-order valence-corrected chi connectivity index (χ0v) is 13.9. The van der Waals surface area contributed by atoms with Gasteiger partial charge in [-0.2, -0.15) is 4.98 Å². The van der Waals surface area contributed by atoms with Crippen LogP contribution in [0, 0.1) is 0 Å². The van der Waals surface area contributed by atoms with Crippen LogP contribution >= 0.6 is 15.9 Å². The van der Waals surface area contributed by atoms with E-state index in [9.17, 15) is 0 Å². The van der Waals surface area contributed by atoms with Gasteiger partial charge in [0.05, 0.1) is 4.47 Å². The number of hydrogen-bond acceptors (Lipinski definition) is 5. The second-order valence-corrected chi connectivity index (χ2v) is 5.79. The smallest absolute Gasteiger partial charge is 0.239 e. The summed E-state index contributed by atoms with van der Waals surface area (Å²) in [6, 6.07) is 0. The average Bonchev–Trinajstić information content (AvgIpc) is 2.47. The first-order valence-electron chi connectivity index (χ1n) is 7.51. The number of nitrogens with one attached hydrogen (secondary N) is 2. The lowest BCUT2D eigenvalue weighted by molar-refractivity contribution is 0.581. The lowest BCUT2D eigenvalue weighted by Crippen LogP contribution is -2.12. The molecule has 4 N–H and O–H groups in total. The molecule has 0 atom stereocenters. The van der Waals surface area contributed by atoms with Crippen molar-refractivity contribution < 1.29 is 0 Å². The van der Waals surface area contributed by atoms with Gasteiger partial charge >= 0.3 is 0 Å². The summed E-state index contributed by atoms with van der Waals surface area (Å²) in [5.74, 6) is 6.51. The van der Waals surface area contributed by atoms with Gasteiger partial charge in [0.1, 0.15) is 5.82 Å². The van der Waals surface area contributed by atoms with Crippen LogP contribution in [0.1, 0.15) is 58.3 Å². The van der Waals surface area contributed by atoms with Gasteiger partial charge in [0.25, 0.3) is 0 Å². The molecular formula is C14H26BrN5. The number of hydrazine groups is 1. The van der Waals surface area contributed by atoms with Crippen molar-refractivity contribution in [3.63, 3.8) is 0 Å². The molecule has 0 bridgehead atoms. The lowest BCUT2D eigenvalue weighted by Gasteiger charge is -2.08. The standard InChI is InChI=1S/C14H26BrN5/c1-2-3-4-5-6-7-8-9-10-17-13-12(15)11-18-14(19-13)20-16/h11H,2-10,16H2,1H3,(H2,17,18,19,20). The fourth-order valence-electron chi connectivity index (χ4n) is 2.03. The highest BCUT2D eigenvalue weighted by Gasteiger charge is 2.03. The maximum atomic E-state index is 5.30. The van der Waals surface area contributed by atoms with E-state index in [0.717, 1.165) is 23.3 Å². The molecule has 0 saturated heterocycles. The Bertz CT molecular complexity index is 373. The van der Waals surface area contributed by atoms with Crippen molar-refractivity contribution in [3.05, 3.63) is 10.7 Å². The molecule has 1 aromatic rings. The Kier molecular flexibility index (Phi) is 9.32. The molecule has 1 rings (SSSR count). The van der Waals surface area contributed by atoms with Gasteiger partial charge in [-0.1, -0.05) is 51.9 Å². The predicted octanol–water partition coefficient (Wildman–Crippen LogP) is 4.08. The average molecular weight is 344 g/mol. The van der Waals surface area contributed by atoms with Crippen molar-refractivity contribution >= 4 is 27.7 Å². The first-order chi connectivity index (χ1) is 9.77. The van der Waals surface area contributed by atoms with E-state index in [0.29, 0.717) is 5.95 Å². The molecule has 0 spiro atoms. The predicted molar refractivity (Wildman–Crippen MR) is 88.6 cm³/mol. The highest BCUT2D eigenvalue weighted by atomic mass is 79.9. The second kappa shape index (κ2) is 10.9. The van der Waals surface area contributed by atoms with E-state index in [2.05, 4.69) is 43.6 Å². The van der Waals surface area contributed by atoms with E-state index in [-0.39, 0.29) is 0 Å². The van der Waals surface area contributed by atoms with Crippen LogP contribution in [0.3, 0.4) is 0 Å². The van der Waals surface area contributed by atoms with Crippen LogP contribution in [0.4, 0.5) is 11.8 Å². The van der Waals surface area contributed by atoms with Crippen LogP contribution in [0.25, 0.3) is 0 Å². The Labute approximate surface area is 130 Å². The molecule has 20 heavy (non-hydrogen) atoms. The van der Waals surface area contributed by atoms with Gasteiger partial charge in [-0.15, -0.1) is 0 Å². The molecule has 0 aliphatic carbocycles. The largest absolute Gasteiger partial charge is 0.369 e. The van der Waals surface area contributed by atoms with Gasteiger partial charge in [0.15, 0.2) is 0 Å². The van der Waals surface area contributed by atoms with Crippen molar-refractivity contribution in [1.82, 2.24) is 9.97 Å². The second-order valence-electron chi connectivity index (χ2n) is 4.94. The Morgan fingerprint density at radius 3 is 2.40 bits per heavy atom. The van der Waals surface area contributed by atoms with Gasteiger partial charge in [-0.05, 0) is 22.4 Å². The minimum absolute atomic E-state index is 0.423. The number of aromatic nitrogens is 2. The van der Waals surface area contributed by atoms with Crippen LogP contribution in [0.15, 0.2) is 10.7 Å². The van der Waals surface area contributed by atoms with Crippen LogP contribution < -0.4 is 16.6 Å². The Hall–Kier alpha value is -0.880. The van der Waals surface area contributed by atoms with Crippen LogP contribution in [-0.2, 0) is 0 Å². The van der Waals surface area contributed by atoms with Crippen molar-refractivity contribution in [3.8, 4) is 0 Å². The van der Waals surface area contributed by atoms with Crippen LogP contribution in [-0.4, -0.2) is 16.5 Å². The molecule has 6 heteroatoms. The highest BCUT2D eigenvalue weighted by molar-refractivity contribution is 9.10. The number of anilines is 2. The summed E-state index contributed by atoms with van der Waals surface area (Å²) in [5, 5.41) is 3.31. The molecular weight excluding hydrogens is 318 g/mol. The number of rotatable bonds is 11. The van der Waals surface area contributed by atoms with Crippen molar-refractivity contribution in [2.75, 3.05) is 17.3 Å². The molecule has 0 fully saturated rings. The monoisotopic (exact) mass is 343 g/mol. The summed E-state index contributed by atoms with van der Waals surface area (Å²) >= 11 is 3.42. The number of nitrogen functional groups attached to an aromatic ring is 1. The minimum atomic E-state index is 0.423.